The van der Waals surface area contributed by atoms with Crippen molar-refractivity contribution >= 4 is 10.0 Å². The molecular formula is C22H35NO2S. The average Bonchev–Trinajstić information content (AvgIpc) is 2.63. The number of benzene rings is 1. The van der Waals surface area contributed by atoms with Crippen LogP contribution < -0.4 is 0 Å². The predicted molar refractivity (Wildman–Crippen MR) is 108 cm³/mol. The molecule has 0 heterocycles. The smallest absolute Gasteiger partial charge is 0.207 e. The third kappa shape index (κ3) is 4.69. The van der Waals surface area contributed by atoms with E-state index in [9.17, 15) is 8.42 Å². The Morgan fingerprint density at radius 3 is 1.73 bits per heavy atom. The summed E-state index contributed by atoms with van der Waals surface area (Å²) >= 11 is 0. The van der Waals surface area contributed by atoms with Gasteiger partial charge in [0.2, 0.25) is 10.0 Å². The molecule has 2 aliphatic carbocycles. The van der Waals surface area contributed by atoms with Crippen molar-refractivity contribution in [1.82, 2.24) is 4.31 Å². The molecule has 2 saturated carbocycles. The van der Waals surface area contributed by atoms with Gasteiger partial charge in [0.15, 0.2) is 0 Å². The molecule has 0 aromatic heterocycles. The van der Waals surface area contributed by atoms with Gasteiger partial charge in [-0.1, -0.05) is 64.5 Å². The van der Waals surface area contributed by atoms with Crippen LogP contribution in [0.3, 0.4) is 0 Å². The lowest BCUT2D eigenvalue weighted by molar-refractivity contribution is 0.169. The molecule has 0 aliphatic heterocycles. The van der Waals surface area contributed by atoms with Gasteiger partial charge in [-0.2, -0.15) is 4.31 Å². The van der Waals surface area contributed by atoms with Gasteiger partial charge < -0.3 is 0 Å². The molecule has 0 spiro atoms. The fraction of sp³-hybridized carbons (Fsp3) is 0.727. The van der Waals surface area contributed by atoms with Crippen molar-refractivity contribution in [3.8, 4) is 0 Å². The molecule has 0 bridgehead atoms. The van der Waals surface area contributed by atoms with Crippen LogP contribution in [0.1, 0.15) is 83.6 Å². The van der Waals surface area contributed by atoms with Crippen LogP contribution in [-0.4, -0.2) is 24.8 Å². The molecule has 0 atom stereocenters. The molecule has 0 unspecified atom stereocenters. The van der Waals surface area contributed by atoms with E-state index in [0.717, 1.165) is 57.8 Å². The van der Waals surface area contributed by atoms with E-state index in [-0.39, 0.29) is 12.1 Å². The van der Waals surface area contributed by atoms with Crippen LogP contribution >= 0.6 is 0 Å². The van der Waals surface area contributed by atoms with Gasteiger partial charge in [-0.15, -0.1) is 0 Å². The first-order valence-corrected chi connectivity index (χ1v) is 12.0. The normalized spacial score (nSPS) is 20.8. The van der Waals surface area contributed by atoms with Crippen LogP contribution in [0.4, 0.5) is 0 Å². The Morgan fingerprint density at radius 1 is 0.846 bits per heavy atom. The van der Waals surface area contributed by atoms with Gasteiger partial charge in [-0.3, -0.25) is 0 Å². The molecule has 2 aliphatic rings. The molecule has 1 aromatic rings. The summed E-state index contributed by atoms with van der Waals surface area (Å²) in [5, 5.41) is 0. The van der Waals surface area contributed by atoms with Gasteiger partial charge in [-0.05, 0) is 55.7 Å². The van der Waals surface area contributed by atoms with Crippen LogP contribution in [0.15, 0.2) is 29.2 Å². The largest absolute Gasteiger partial charge is 0.243 e. The van der Waals surface area contributed by atoms with E-state index in [1.165, 1.54) is 18.4 Å². The zero-order valence-corrected chi connectivity index (χ0v) is 17.3. The Morgan fingerprint density at radius 2 is 1.31 bits per heavy atom. The van der Waals surface area contributed by atoms with Gasteiger partial charge >= 0.3 is 0 Å². The van der Waals surface area contributed by atoms with Crippen molar-refractivity contribution in [1.29, 1.82) is 0 Å². The quantitative estimate of drug-likeness (QED) is 0.652. The first-order valence-electron chi connectivity index (χ1n) is 10.6. The van der Waals surface area contributed by atoms with E-state index in [4.69, 9.17) is 0 Å². The molecule has 2 fully saturated rings. The SMILES string of the molecule is CC(C)Cc1ccc(S(=O)(=O)N(C2CCCCC2)C2CCCCC2)cc1. The van der Waals surface area contributed by atoms with E-state index in [0.29, 0.717) is 10.8 Å². The Labute approximate surface area is 160 Å². The van der Waals surface area contributed by atoms with Crippen molar-refractivity contribution in [2.45, 2.75) is 101 Å². The highest BCUT2D eigenvalue weighted by Gasteiger charge is 2.38. The van der Waals surface area contributed by atoms with E-state index >= 15 is 0 Å². The molecule has 0 N–H and O–H groups in total. The molecule has 26 heavy (non-hydrogen) atoms. The minimum absolute atomic E-state index is 0.201. The second-order valence-corrected chi connectivity index (χ2v) is 10.5. The summed E-state index contributed by atoms with van der Waals surface area (Å²) in [5.41, 5.74) is 1.22. The fourth-order valence-corrected chi connectivity index (χ4v) is 6.68. The van der Waals surface area contributed by atoms with Crippen LogP contribution in [0.2, 0.25) is 0 Å². The highest BCUT2D eigenvalue weighted by atomic mass is 32.2. The van der Waals surface area contributed by atoms with Gasteiger partial charge in [0, 0.05) is 12.1 Å². The minimum Gasteiger partial charge on any atom is -0.207 e. The first kappa shape index (κ1) is 19.9. The lowest BCUT2D eigenvalue weighted by atomic mass is 9.91. The summed E-state index contributed by atoms with van der Waals surface area (Å²) < 4.78 is 29.1. The first-order chi connectivity index (χ1) is 12.5. The van der Waals surface area contributed by atoms with Crippen molar-refractivity contribution in [2.24, 2.45) is 5.92 Å². The highest BCUT2D eigenvalue weighted by molar-refractivity contribution is 7.89. The summed E-state index contributed by atoms with van der Waals surface area (Å²) in [6.07, 6.45) is 12.3. The van der Waals surface area contributed by atoms with Crippen molar-refractivity contribution in [3.05, 3.63) is 29.8 Å². The molecule has 3 rings (SSSR count). The lowest BCUT2D eigenvalue weighted by Crippen LogP contribution is -2.48. The maximum Gasteiger partial charge on any atom is 0.243 e. The minimum atomic E-state index is -3.41. The molecule has 0 radical (unpaired) electrons. The van der Waals surface area contributed by atoms with E-state index in [1.807, 2.05) is 28.6 Å². The zero-order chi connectivity index (χ0) is 18.6. The van der Waals surface area contributed by atoms with Gasteiger partial charge in [-0.25, -0.2) is 8.42 Å². The van der Waals surface area contributed by atoms with Gasteiger partial charge in [0.25, 0.3) is 0 Å². The summed E-state index contributed by atoms with van der Waals surface area (Å²) in [6.45, 7) is 4.39. The van der Waals surface area contributed by atoms with Crippen molar-refractivity contribution in [2.75, 3.05) is 0 Å². The third-order valence-electron chi connectivity index (χ3n) is 6.01. The van der Waals surface area contributed by atoms with Crippen molar-refractivity contribution < 1.29 is 8.42 Å². The fourth-order valence-electron chi connectivity index (χ4n) is 4.75. The standard InChI is InChI=1S/C22H35NO2S/c1-18(2)17-19-13-15-22(16-14-19)26(24,25)23(20-9-5-3-6-10-20)21-11-7-4-8-12-21/h13-16,18,20-21H,3-12,17H2,1-2H3. The second kappa shape index (κ2) is 8.88. The number of sulfonamides is 1. The third-order valence-corrected chi connectivity index (χ3v) is 8.03. The summed E-state index contributed by atoms with van der Waals surface area (Å²) in [6, 6.07) is 8.09. The highest BCUT2D eigenvalue weighted by Crippen LogP contribution is 2.34. The predicted octanol–water partition coefficient (Wildman–Crippen LogP) is 5.54. The van der Waals surface area contributed by atoms with E-state index in [1.54, 1.807) is 0 Å². The number of hydrogen-bond donors (Lipinski definition) is 0. The lowest BCUT2D eigenvalue weighted by Gasteiger charge is -2.40. The average molecular weight is 378 g/mol. The van der Waals surface area contributed by atoms with Crippen molar-refractivity contribution in [3.63, 3.8) is 0 Å². The topological polar surface area (TPSA) is 37.4 Å². The number of nitrogens with zero attached hydrogens (tertiary/aromatic N) is 1. The second-order valence-electron chi connectivity index (χ2n) is 8.66. The summed E-state index contributed by atoms with van der Waals surface area (Å²) in [4.78, 5) is 0.487. The molecule has 4 heteroatoms. The van der Waals surface area contributed by atoms with E-state index in [2.05, 4.69) is 13.8 Å². The van der Waals surface area contributed by atoms with Gasteiger partial charge in [0.05, 0.1) is 4.90 Å². The van der Waals surface area contributed by atoms with Gasteiger partial charge in [0.1, 0.15) is 0 Å². The molecule has 0 saturated heterocycles. The number of rotatable bonds is 6. The van der Waals surface area contributed by atoms with Crippen LogP contribution in [0.25, 0.3) is 0 Å². The maximum atomic E-state index is 13.6. The molecular weight excluding hydrogens is 342 g/mol. The number of hydrogen-bond acceptors (Lipinski definition) is 2. The van der Waals surface area contributed by atoms with Crippen LogP contribution in [0, 0.1) is 5.92 Å². The van der Waals surface area contributed by atoms with Crippen LogP contribution in [0.5, 0.6) is 0 Å². The van der Waals surface area contributed by atoms with Crippen LogP contribution in [-0.2, 0) is 16.4 Å². The molecule has 3 nitrogen and oxygen atoms in total. The molecule has 146 valence electrons. The summed E-state index contributed by atoms with van der Waals surface area (Å²) in [5.74, 6) is 0.582. The summed E-state index contributed by atoms with van der Waals surface area (Å²) in [7, 11) is -3.41. The molecule has 0 amide bonds. The van der Waals surface area contributed by atoms with E-state index < -0.39 is 10.0 Å². The Kier molecular flexibility index (Phi) is 6.79. The zero-order valence-electron chi connectivity index (χ0n) is 16.5. The molecule has 1 aromatic carbocycles. The Balaban J connectivity index is 1.87. The Bertz CT molecular complexity index is 636. The maximum absolute atomic E-state index is 13.6. The monoisotopic (exact) mass is 377 g/mol. The Hall–Kier alpha value is -0.870.